The Morgan fingerprint density at radius 1 is 1.34 bits per heavy atom. The van der Waals surface area contributed by atoms with Crippen LogP contribution in [0, 0.1) is 12.7 Å². The molecule has 1 unspecified atom stereocenters. The Hall–Kier alpha value is -2.59. The second kappa shape index (κ2) is 10.4. The van der Waals surface area contributed by atoms with E-state index in [1.807, 2.05) is 34.6 Å². The van der Waals surface area contributed by atoms with E-state index in [4.69, 9.17) is 14.3 Å². The molecule has 0 bridgehead atoms. The number of fused-ring (bicyclic) bond motifs is 1. The lowest BCUT2D eigenvalue weighted by molar-refractivity contribution is -0.147. The number of amides is 1. The van der Waals surface area contributed by atoms with Crippen LogP contribution < -0.4 is 10.8 Å². The fourth-order valence-corrected chi connectivity index (χ4v) is 4.24. The minimum Gasteiger partial charge on any atom is -0.348 e. The molecule has 172 valence electrons. The summed E-state index contributed by atoms with van der Waals surface area (Å²) in [5.74, 6) is -1.52. The highest BCUT2D eigenvalue weighted by molar-refractivity contribution is 7.23. The third-order valence-corrected chi connectivity index (χ3v) is 5.60. The first-order chi connectivity index (χ1) is 15.3. The van der Waals surface area contributed by atoms with Gasteiger partial charge in [-0.3, -0.25) is 9.63 Å². The number of anilines is 2. The summed E-state index contributed by atoms with van der Waals surface area (Å²) in [4.78, 5) is 23.2. The molecule has 1 fully saturated rings. The van der Waals surface area contributed by atoms with E-state index in [9.17, 15) is 9.18 Å². The monoisotopic (exact) mass is 461 g/mol. The molecule has 9 heteroatoms. The largest absolute Gasteiger partial charge is 0.348 e. The van der Waals surface area contributed by atoms with Crippen LogP contribution >= 0.6 is 11.3 Å². The van der Waals surface area contributed by atoms with Gasteiger partial charge in [0.25, 0.3) is 5.91 Å². The fraction of sp³-hybridized carbons (Fsp3) is 0.391. The average Bonchev–Trinajstić information content (AvgIpc) is 3.30. The molecule has 1 aliphatic heterocycles. The van der Waals surface area contributed by atoms with Crippen molar-refractivity contribution in [2.45, 2.75) is 46.5 Å². The SMILES string of the molecule is CC.Cc1ccc(Nc2sc3ncccc3c2C(=O)NOCC2COC(C)(C)O2)c(F)c1. The number of carbonyl (C=O) groups is 1. The van der Waals surface area contributed by atoms with Crippen molar-refractivity contribution in [3.8, 4) is 0 Å². The maximum atomic E-state index is 14.3. The summed E-state index contributed by atoms with van der Waals surface area (Å²) < 4.78 is 25.5. The van der Waals surface area contributed by atoms with Gasteiger partial charge in [0.2, 0.25) is 0 Å². The Morgan fingerprint density at radius 2 is 2.12 bits per heavy atom. The molecule has 32 heavy (non-hydrogen) atoms. The van der Waals surface area contributed by atoms with Crippen molar-refractivity contribution in [1.29, 1.82) is 0 Å². The molecule has 1 saturated heterocycles. The van der Waals surface area contributed by atoms with Crippen LogP contribution in [0.3, 0.4) is 0 Å². The summed E-state index contributed by atoms with van der Waals surface area (Å²) in [5.41, 5.74) is 3.88. The smallest absolute Gasteiger partial charge is 0.278 e. The Labute approximate surface area is 190 Å². The zero-order valence-electron chi connectivity index (χ0n) is 18.8. The van der Waals surface area contributed by atoms with Crippen LogP contribution in [-0.4, -0.2) is 36.0 Å². The van der Waals surface area contributed by atoms with Crippen molar-refractivity contribution in [1.82, 2.24) is 10.5 Å². The molecule has 3 heterocycles. The first-order valence-electron chi connectivity index (χ1n) is 10.5. The molecular weight excluding hydrogens is 433 g/mol. The summed E-state index contributed by atoms with van der Waals surface area (Å²) in [6.45, 7) is 9.97. The van der Waals surface area contributed by atoms with Crippen LogP contribution in [0.15, 0.2) is 36.5 Å². The molecule has 0 saturated carbocycles. The van der Waals surface area contributed by atoms with Gasteiger partial charge >= 0.3 is 0 Å². The van der Waals surface area contributed by atoms with E-state index < -0.39 is 17.5 Å². The molecule has 1 aromatic carbocycles. The van der Waals surface area contributed by atoms with Crippen molar-refractivity contribution in [3.63, 3.8) is 0 Å². The molecular formula is C23H28FN3O4S. The minimum absolute atomic E-state index is 0.144. The van der Waals surface area contributed by atoms with Crippen LogP contribution in [0.2, 0.25) is 0 Å². The maximum absolute atomic E-state index is 14.3. The lowest BCUT2D eigenvalue weighted by atomic mass is 10.2. The van der Waals surface area contributed by atoms with Gasteiger partial charge in [0, 0.05) is 11.6 Å². The van der Waals surface area contributed by atoms with Gasteiger partial charge in [-0.25, -0.2) is 14.9 Å². The molecule has 2 N–H and O–H groups in total. The number of pyridine rings is 1. The molecule has 2 aromatic heterocycles. The van der Waals surface area contributed by atoms with Gasteiger partial charge in [-0.05, 0) is 50.6 Å². The number of hydrogen-bond donors (Lipinski definition) is 2. The highest BCUT2D eigenvalue weighted by atomic mass is 32.1. The first-order valence-corrected chi connectivity index (χ1v) is 11.3. The van der Waals surface area contributed by atoms with E-state index in [-0.39, 0.29) is 18.4 Å². The van der Waals surface area contributed by atoms with E-state index in [2.05, 4.69) is 15.8 Å². The number of hydroxylamine groups is 1. The van der Waals surface area contributed by atoms with Gasteiger partial charge in [-0.15, -0.1) is 0 Å². The van der Waals surface area contributed by atoms with Crippen molar-refractivity contribution in [3.05, 3.63) is 53.5 Å². The number of ether oxygens (including phenoxy) is 2. The summed E-state index contributed by atoms with van der Waals surface area (Å²) in [6.07, 6.45) is 1.37. The second-order valence-corrected chi connectivity index (χ2v) is 8.46. The van der Waals surface area contributed by atoms with E-state index >= 15 is 0 Å². The third kappa shape index (κ3) is 5.60. The number of thiophene rings is 1. The van der Waals surface area contributed by atoms with Gasteiger partial charge in [0.15, 0.2) is 5.79 Å². The molecule has 1 amide bonds. The van der Waals surface area contributed by atoms with E-state index in [1.54, 1.807) is 30.5 Å². The first kappa shape index (κ1) is 24.1. The van der Waals surface area contributed by atoms with Crippen molar-refractivity contribution < 1.29 is 23.5 Å². The summed E-state index contributed by atoms with van der Waals surface area (Å²) >= 11 is 1.27. The second-order valence-electron chi connectivity index (χ2n) is 7.46. The lowest BCUT2D eigenvalue weighted by Gasteiger charge is -2.17. The molecule has 0 radical (unpaired) electrons. The van der Waals surface area contributed by atoms with Crippen LogP contribution in [-0.2, 0) is 14.3 Å². The molecule has 1 atom stereocenters. The lowest BCUT2D eigenvalue weighted by Crippen LogP contribution is -2.30. The Morgan fingerprint density at radius 3 is 2.81 bits per heavy atom. The van der Waals surface area contributed by atoms with Crippen molar-refractivity contribution >= 4 is 38.1 Å². The van der Waals surface area contributed by atoms with Crippen molar-refractivity contribution in [2.24, 2.45) is 0 Å². The minimum atomic E-state index is -0.664. The number of hydrogen-bond acceptors (Lipinski definition) is 7. The Balaban J connectivity index is 0.00000141. The van der Waals surface area contributed by atoms with Gasteiger partial charge < -0.3 is 14.8 Å². The number of aryl methyl sites for hydroxylation is 1. The number of aromatic nitrogens is 1. The zero-order valence-corrected chi connectivity index (χ0v) is 19.6. The highest BCUT2D eigenvalue weighted by Gasteiger charge is 2.33. The average molecular weight is 462 g/mol. The van der Waals surface area contributed by atoms with Gasteiger partial charge in [0.1, 0.15) is 28.4 Å². The number of benzene rings is 1. The molecule has 3 aromatic rings. The number of nitrogens with zero attached hydrogens (tertiary/aromatic N) is 1. The Kier molecular flexibility index (Phi) is 7.78. The fourth-order valence-electron chi connectivity index (χ4n) is 3.19. The molecule has 4 rings (SSSR count). The van der Waals surface area contributed by atoms with E-state index in [1.165, 1.54) is 17.4 Å². The zero-order chi connectivity index (χ0) is 23.3. The third-order valence-electron chi connectivity index (χ3n) is 4.57. The van der Waals surface area contributed by atoms with Gasteiger partial charge in [0.05, 0.1) is 17.9 Å². The normalized spacial score (nSPS) is 17.0. The van der Waals surface area contributed by atoms with Crippen molar-refractivity contribution in [2.75, 3.05) is 18.5 Å². The molecule has 7 nitrogen and oxygen atoms in total. The van der Waals surface area contributed by atoms with Gasteiger partial charge in [-0.2, -0.15) is 0 Å². The van der Waals surface area contributed by atoms with E-state index in [0.717, 1.165) is 5.56 Å². The van der Waals surface area contributed by atoms with Crippen LogP contribution in [0.5, 0.6) is 0 Å². The highest BCUT2D eigenvalue weighted by Crippen LogP contribution is 2.37. The topological polar surface area (TPSA) is 81.7 Å². The summed E-state index contributed by atoms with van der Waals surface area (Å²) in [7, 11) is 0. The maximum Gasteiger partial charge on any atom is 0.278 e. The van der Waals surface area contributed by atoms with Crippen LogP contribution in [0.4, 0.5) is 15.1 Å². The summed E-state index contributed by atoms with van der Waals surface area (Å²) in [5, 5.41) is 4.16. The number of nitrogens with one attached hydrogen (secondary N) is 2. The van der Waals surface area contributed by atoms with Gasteiger partial charge in [-0.1, -0.05) is 31.3 Å². The molecule has 0 aliphatic carbocycles. The molecule has 1 aliphatic rings. The predicted molar refractivity (Wildman–Crippen MR) is 124 cm³/mol. The van der Waals surface area contributed by atoms with E-state index in [0.29, 0.717) is 27.4 Å². The number of carbonyl (C=O) groups excluding carboxylic acids is 1. The summed E-state index contributed by atoms with van der Waals surface area (Å²) in [6, 6.07) is 8.41. The van der Waals surface area contributed by atoms with Crippen LogP contribution in [0.25, 0.3) is 10.2 Å². The number of halogens is 1. The Bertz CT molecular complexity index is 1090. The van der Waals surface area contributed by atoms with Crippen LogP contribution in [0.1, 0.15) is 43.6 Å². The predicted octanol–water partition coefficient (Wildman–Crippen LogP) is 5.33. The number of rotatable bonds is 6. The molecule has 0 spiro atoms. The standard InChI is InChI=1S/C21H22FN3O4S.C2H6/c1-12-6-7-16(15(22)9-12)24-20-17(14-5-4-8-23-19(14)30-20)18(26)25-28-11-13-10-27-21(2,3)29-13;1-2/h4-9,13,24H,10-11H2,1-3H3,(H,25,26);1-2H3. The quantitative estimate of drug-likeness (QED) is 0.483.